The summed E-state index contributed by atoms with van der Waals surface area (Å²) in [7, 11) is 1.89. The van der Waals surface area contributed by atoms with Crippen molar-refractivity contribution in [3.05, 3.63) is 5.89 Å². The first-order valence-corrected chi connectivity index (χ1v) is 4.89. The lowest BCUT2D eigenvalue weighted by Gasteiger charge is -2.08. The Kier molecular flexibility index (Phi) is 3.88. The average molecular weight is 199 g/mol. The fraction of sp³-hybridized carbons (Fsp3) is 0.778. The predicted octanol–water partition coefficient (Wildman–Crippen LogP) is 0.839. The van der Waals surface area contributed by atoms with E-state index in [1.54, 1.807) is 0 Å². The molecule has 0 radical (unpaired) electrons. The highest BCUT2D eigenvalue weighted by Gasteiger charge is 2.12. The fourth-order valence-corrected chi connectivity index (χ4v) is 0.971. The predicted molar refractivity (Wildman–Crippen MR) is 53.2 cm³/mol. The summed E-state index contributed by atoms with van der Waals surface area (Å²) in [5.74, 6) is 1.07. The largest absolute Gasteiger partial charge is 0.393 e. The second-order valence-corrected chi connectivity index (χ2v) is 3.27. The van der Waals surface area contributed by atoms with Gasteiger partial charge in [-0.15, -0.1) is 0 Å². The first-order valence-electron chi connectivity index (χ1n) is 4.89. The summed E-state index contributed by atoms with van der Waals surface area (Å²) in [5, 5.41) is 13.2. The zero-order chi connectivity index (χ0) is 10.6. The Morgan fingerprint density at radius 1 is 1.50 bits per heavy atom. The van der Waals surface area contributed by atoms with E-state index >= 15 is 0 Å². The number of hydrogen-bond donors (Lipinski definition) is 1. The van der Waals surface area contributed by atoms with Crippen LogP contribution in [0.1, 0.15) is 26.2 Å². The molecule has 0 aliphatic heterocycles. The van der Waals surface area contributed by atoms with E-state index in [2.05, 4.69) is 10.1 Å². The Morgan fingerprint density at radius 3 is 2.79 bits per heavy atom. The maximum absolute atomic E-state index is 9.38. The molecular weight excluding hydrogens is 182 g/mol. The van der Waals surface area contributed by atoms with Crippen LogP contribution in [-0.2, 0) is 6.42 Å². The summed E-state index contributed by atoms with van der Waals surface area (Å²) >= 11 is 0. The third-order valence-electron chi connectivity index (χ3n) is 2.15. The summed E-state index contributed by atoms with van der Waals surface area (Å²) in [6.07, 6.45) is 0.734. The Bertz CT molecular complexity index is 275. The molecule has 0 bridgehead atoms. The molecule has 1 aromatic heterocycles. The highest BCUT2D eigenvalue weighted by atomic mass is 16.5. The number of aliphatic hydroxyl groups excluding tert-OH is 1. The van der Waals surface area contributed by atoms with Crippen molar-refractivity contribution in [1.82, 2.24) is 10.1 Å². The molecule has 0 saturated carbocycles. The lowest BCUT2D eigenvalue weighted by atomic mass is 10.2. The standard InChI is InChI=1S/C9H17N3O2/c1-4-7(13)6-8-10-9(11-14-8)12(3)5-2/h7,13H,4-6H2,1-3H3. The Balaban J connectivity index is 2.59. The van der Waals surface area contributed by atoms with E-state index in [4.69, 9.17) is 4.52 Å². The van der Waals surface area contributed by atoms with Gasteiger partial charge in [-0.2, -0.15) is 4.98 Å². The molecule has 1 N–H and O–H groups in total. The molecule has 0 saturated heterocycles. The molecule has 0 amide bonds. The van der Waals surface area contributed by atoms with Crippen molar-refractivity contribution in [2.45, 2.75) is 32.8 Å². The zero-order valence-corrected chi connectivity index (χ0v) is 8.90. The van der Waals surface area contributed by atoms with Crippen molar-refractivity contribution in [1.29, 1.82) is 0 Å². The third kappa shape index (κ3) is 2.70. The van der Waals surface area contributed by atoms with Gasteiger partial charge in [-0.25, -0.2) is 0 Å². The van der Waals surface area contributed by atoms with Gasteiger partial charge in [0.25, 0.3) is 5.95 Å². The molecule has 5 nitrogen and oxygen atoms in total. The molecule has 80 valence electrons. The van der Waals surface area contributed by atoms with Crippen molar-refractivity contribution >= 4 is 5.95 Å². The van der Waals surface area contributed by atoms with Crippen LogP contribution in [0.3, 0.4) is 0 Å². The summed E-state index contributed by atoms with van der Waals surface area (Å²) < 4.78 is 5.00. The van der Waals surface area contributed by atoms with Crippen LogP contribution in [-0.4, -0.2) is 34.9 Å². The van der Waals surface area contributed by atoms with Crippen molar-refractivity contribution < 1.29 is 9.63 Å². The minimum absolute atomic E-state index is 0.393. The van der Waals surface area contributed by atoms with Crippen molar-refractivity contribution in [2.24, 2.45) is 0 Å². The molecule has 0 aromatic carbocycles. The van der Waals surface area contributed by atoms with Gasteiger partial charge in [0, 0.05) is 13.6 Å². The SMILES string of the molecule is CCC(O)Cc1nc(N(C)CC)no1. The second kappa shape index (κ2) is 4.95. The zero-order valence-electron chi connectivity index (χ0n) is 8.90. The van der Waals surface area contributed by atoms with E-state index in [9.17, 15) is 5.11 Å². The van der Waals surface area contributed by atoms with Gasteiger partial charge < -0.3 is 14.5 Å². The molecule has 1 unspecified atom stereocenters. The topological polar surface area (TPSA) is 62.4 Å². The minimum atomic E-state index is -0.393. The average Bonchev–Trinajstić information content (AvgIpc) is 2.65. The fourth-order valence-electron chi connectivity index (χ4n) is 0.971. The molecule has 1 atom stereocenters. The maximum Gasteiger partial charge on any atom is 0.265 e. The highest BCUT2D eigenvalue weighted by Crippen LogP contribution is 2.09. The number of hydrogen-bond acceptors (Lipinski definition) is 5. The molecule has 0 spiro atoms. The van der Waals surface area contributed by atoms with E-state index in [1.165, 1.54) is 0 Å². The van der Waals surface area contributed by atoms with Gasteiger partial charge in [-0.1, -0.05) is 6.92 Å². The van der Waals surface area contributed by atoms with E-state index in [1.807, 2.05) is 25.8 Å². The van der Waals surface area contributed by atoms with Crippen LogP contribution in [0, 0.1) is 0 Å². The number of aromatic nitrogens is 2. The smallest absolute Gasteiger partial charge is 0.265 e. The quantitative estimate of drug-likeness (QED) is 0.761. The van der Waals surface area contributed by atoms with Gasteiger partial charge >= 0.3 is 0 Å². The molecule has 1 heterocycles. The van der Waals surface area contributed by atoms with Crippen LogP contribution in [0.4, 0.5) is 5.95 Å². The first-order chi connectivity index (χ1) is 6.67. The normalized spacial score (nSPS) is 12.9. The van der Waals surface area contributed by atoms with E-state index in [-0.39, 0.29) is 0 Å². The van der Waals surface area contributed by atoms with Crippen LogP contribution in [0.2, 0.25) is 0 Å². The maximum atomic E-state index is 9.38. The Morgan fingerprint density at radius 2 is 2.21 bits per heavy atom. The first kappa shape index (κ1) is 11.0. The summed E-state index contributed by atoms with van der Waals surface area (Å²) in [5.41, 5.74) is 0. The Hall–Kier alpha value is -1.10. The molecule has 0 aliphatic carbocycles. The monoisotopic (exact) mass is 199 g/mol. The number of anilines is 1. The van der Waals surface area contributed by atoms with Gasteiger partial charge in [0.05, 0.1) is 12.5 Å². The van der Waals surface area contributed by atoms with Gasteiger partial charge in [-0.3, -0.25) is 0 Å². The molecule has 14 heavy (non-hydrogen) atoms. The van der Waals surface area contributed by atoms with Gasteiger partial charge in [0.1, 0.15) is 0 Å². The molecule has 5 heteroatoms. The number of aliphatic hydroxyl groups is 1. The van der Waals surface area contributed by atoms with Gasteiger partial charge in [-0.05, 0) is 18.5 Å². The molecular formula is C9H17N3O2. The molecule has 1 rings (SSSR count). The summed E-state index contributed by atoms with van der Waals surface area (Å²) in [4.78, 5) is 6.04. The van der Waals surface area contributed by atoms with E-state index in [0.29, 0.717) is 24.7 Å². The van der Waals surface area contributed by atoms with Gasteiger partial charge in [0.2, 0.25) is 5.89 Å². The van der Waals surface area contributed by atoms with Crippen LogP contribution in [0.5, 0.6) is 0 Å². The minimum Gasteiger partial charge on any atom is -0.393 e. The van der Waals surface area contributed by atoms with Crippen molar-refractivity contribution in [3.63, 3.8) is 0 Å². The van der Waals surface area contributed by atoms with Crippen LogP contribution in [0.25, 0.3) is 0 Å². The molecule has 1 aromatic rings. The van der Waals surface area contributed by atoms with Crippen molar-refractivity contribution in [3.8, 4) is 0 Å². The summed E-state index contributed by atoms with van der Waals surface area (Å²) in [6, 6.07) is 0. The Labute approximate surface area is 83.7 Å². The lowest BCUT2D eigenvalue weighted by molar-refractivity contribution is 0.158. The highest BCUT2D eigenvalue weighted by molar-refractivity contribution is 5.25. The van der Waals surface area contributed by atoms with Crippen molar-refractivity contribution in [2.75, 3.05) is 18.5 Å². The van der Waals surface area contributed by atoms with E-state index < -0.39 is 6.10 Å². The van der Waals surface area contributed by atoms with E-state index in [0.717, 1.165) is 6.54 Å². The summed E-state index contributed by atoms with van der Waals surface area (Å²) in [6.45, 7) is 4.76. The molecule has 0 fully saturated rings. The van der Waals surface area contributed by atoms with Crippen LogP contribution >= 0.6 is 0 Å². The lowest BCUT2D eigenvalue weighted by Crippen LogP contribution is -2.17. The van der Waals surface area contributed by atoms with Crippen LogP contribution in [0.15, 0.2) is 4.52 Å². The van der Waals surface area contributed by atoms with Gasteiger partial charge in [0.15, 0.2) is 0 Å². The molecule has 0 aliphatic rings. The third-order valence-corrected chi connectivity index (χ3v) is 2.15. The number of nitrogens with zero attached hydrogens (tertiary/aromatic N) is 3. The number of rotatable bonds is 5. The second-order valence-electron chi connectivity index (χ2n) is 3.27. The van der Waals surface area contributed by atoms with Crippen LogP contribution < -0.4 is 4.90 Å².